The molecule has 1 aliphatic heterocycles. The maximum absolute atomic E-state index is 10.5. The number of nitrogens with one attached hydrogen (secondary N) is 1. The predicted octanol–water partition coefficient (Wildman–Crippen LogP) is 1.73. The molecular weight excluding hydrogens is 258 g/mol. The molecule has 1 fully saturated rings. The minimum absolute atomic E-state index is 0.180. The van der Waals surface area contributed by atoms with Crippen LogP contribution in [0.2, 0.25) is 0 Å². The third-order valence-electron chi connectivity index (χ3n) is 2.91. The first-order chi connectivity index (χ1) is 7.13. The zero-order valence-electron chi connectivity index (χ0n) is 8.33. The third-order valence-corrected chi connectivity index (χ3v) is 3.74. The van der Waals surface area contributed by atoms with E-state index in [1.807, 2.05) is 6.07 Å². The van der Waals surface area contributed by atoms with Gasteiger partial charge >= 0.3 is 0 Å². The molecule has 1 aliphatic rings. The van der Waals surface area contributed by atoms with E-state index in [1.165, 1.54) is 0 Å². The van der Waals surface area contributed by atoms with Gasteiger partial charge in [-0.15, -0.1) is 0 Å². The molecule has 1 aromatic carbocycles. The average Bonchev–Trinajstić information content (AvgIpc) is 2.23. The van der Waals surface area contributed by atoms with Crippen molar-refractivity contribution in [2.45, 2.75) is 18.4 Å². The summed E-state index contributed by atoms with van der Waals surface area (Å²) >= 11 is 3.32. The highest BCUT2D eigenvalue weighted by atomic mass is 79.9. The number of rotatable bonds is 1. The predicted molar refractivity (Wildman–Crippen MR) is 61.8 cm³/mol. The second kappa shape index (κ2) is 4.12. The van der Waals surface area contributed by atoms with Gasteiger partial charge in [0.2, 0.25) is 0 Å². The van der Waals surface area contributed by atoms with E-state index in [-0.39, 0.29) is 5.75 Å². The lowest BCUT2D eigenvalue weighted by Gasteiger charge is -2.33. The molecule has 4 heteroatoms. The van der Waals surface area contributed by atoms with Crippen molar-refractivity contribution in [2.24, 2.45) is 0 Å². The van der Waals surface area contributed by atoms with E-state index in [9.17, 15) is 10.2 Å². The second-order valence-corrected chi connectivity index (χ2v) is 4.71. The molecule has 82 valence electrons. The van der Waals surface area contributed by atoms with Crippen LogP contribution in [-0.4, -0.2) is 23.3 Å². The molecule has 0 spiro atoms. The van der Waals surface area contributed by atoms with Gasteiger partial charge in [0.25, 0.3) is 0 Å². The summed E-state index contributed by atoms with van der Waals surface area (Å²) in [5, 5.41) is 23.2. The zero-order chi connectivity index (χ0) is 10.9. The molecule has 0 saturated carbocycles. The SMILES string of the molecule is Oc1cccc(C2(O)CCNCC2)c1Br. The van der Waals surface area contributed by atoms with E-state index in [1.54, 1.807) is 12.1 Å². The molecular formula is C11H14BrNO2. The summed E-state index contributed by atoms with van der Waals surface area (Å²) in [6, 6.07) is 5.22. The third kappa shape index (κ3) is 2.02. The summed E-state index contributed by atoms with van der Waals surface area (Å²) in [4.78, 5) is 0. The van der Waals surface area contributed by atoms with Gasteiger partial charge in [0.1, 0.15) is 5.75 Å². The Labute approximate surface area is 97.3 Å². The van der Waals surface area contributed by atoms with Crippen molar-refractivity contribution >= 4 is 15.9 Å². The molecule has 0 bridgehead atoms. The van der Waals surface area contributed by atoms with Crippen LogP contribution in [0.15, 0.2) is 22.7 Å². The fourth-order valence-corrected chi connectivity index (χ4v) is 2.62. The molecule has 0 radical (unpaired) electrons. The van der Waals surface area contributed by atoms with Crippen LogP contribution in [0.25, 0.3) is 0 Å². The molecule has 0 unspecified atom stereocenters. The van der Waals surface area contributed by atoms with Gasteiger partial charge in [0, 0.05) is 5.56 Å². The smallest absolute Gasteiger partial charge is 0.130 e. The number of hydrogen-bond acceptors (Lipinski definition) is 3. The fraction of sp³-hybridized carbons (Fsp3) is 0.455. The molecule has 2 rings (SSSR count). The molecule has 1 aromatic rings. The molecule has 0 aromatic heterocycles. The van der Waals surface area contributed by atoms with Gasteiger partial charge in [-0.05, 0) is 47.9 Å². The summed E-state index contributed by atoms with van der Waals surface area (Å²) in [6.45, 7) is 1.61. The van der Waals surface area contributed by atoms with Crippen molar-refractivity contribution in [2.75, 3.05) is 13.1 Å². The number of hydrogen-bond donors (Lipinski definition) is 3. The lowest BCUT2D eigenvalue weighted by atomic mass is 9.85. The van der Waals surface area contributed by atoms with Crippen LogP contribution in [0.1, 0.15) is 18.4 Å². The summed E-state index contributed by atoms with van der Waals surface area (Å²) < 4.78 is 0.606. The number of phenols is 1. The van der Waals surface area contributed by atoms with Crippen LogP contribution in [0.5, 0.6) is 5.75 Å². The standard InChI is InChI=1S/C11H14BrNO2/c12-10-8(2-1-3-9(10)14)11(15)4-6-13-7-5-11/h1-3,13-15H,4-7H2. The molecule has 0 atom stereocenters. The van der Waals surface area contributed by atoms with Crippen LogP contribution in [0.3, 0.4) is 0 Å². The summed E-state index contributed by atoms with van der Waals surface area (Å²) in [7, 11) is 0. The van der Waals surface area contributed by atoms with E-state index < -0.39 is 5.60 Å². The van der Waals surface area contributed by atoms with Crippen LogP contribution in [-0.2, 0) is 5.60 Å². The first kappa shape index (κ1) is 10.9. The Kier molecular flexibility index (Phi) is 3.00. The highest BCUT2D eigenvalue weighted by Gasteiger charge is 2.33. The minimum Gasteiger partial charge on any atom is -0.507 e. The minimum atomic E-state index is -0.817. The highest BCUT2D eigenvalue weighted by Crippen LogP contribution is 2.38. The Hall–Kier alpha value is -0.580. The van der Waals surface area contributed by atoms with E-state index in [4.69, 9.17) is 0 Å². The summed E-state index contributed by atoms with van der Waals surface area (Å²) in [5.74, 6) is 0.180. The van der Waals surface area contributed by atoms with Gasteiger partial charge in [-0.3, -0.25) is 0 Å². The molecule has 0 amide bonds. The van der Waals surface area contributed by atoms with Crippen molar-refractivity contribution in [3.8, 4) is 5.75 Å². The monoisotopic (exact) mass is 271 g/mol. The topological polar surface area (TPSA) is 52.5 Å². The molecule has 3 nitrogen and oxygen atoms in total. The van der Waals surface area contributed by atoms with Crippen molar-refractivity contribution in [3.63, 3.8) is 0 Å². The van der Waals surface area contributed by atoms with Gasteiger partial charge in [-0.2, -0.15) is 0 Å². The van der Waals surface area contributed by atoms with Gasteiger partial charge in [-0.25, -0.2) is 0 Å². The van der Waals surface area contributed by atoms with Crippen molar-refractivity contribution in [3.05, 3.63) is 28.2 Å². The number of aliphatic hydroxyl groups is 1. The maximum atomic E-state index is 10.5. The van der Waals surface area contributed by atoms with E-state index in [0.29, 0.717) is 17.3 Å². The van der Waals surface area contributed by atoms with Crippen molar-refractivity contribution in [1.29, 1.82) is 0 Å². The van der Waals surface area contributed by atoms with Gasteiger partial charge in [0.15, 0.2) is 0 Å². The van der Waals surface area contributed by atoms with E-state index in [0.717, 1.165) is 18.7 Å². The van der Waals surface area contributed by atoms with Gasteiger partial charge < -0.3 is 15.5 Å². The maximum Gasteiger partial charge on any atom is 0.130 e. The Morgan fingerprint density at radius 2 is 1.93 bits per heavy atom. The fourth-order valence-electron chi connectivity index (χ4n) is 1.99. The normalized spacial score (nSPS) is 20.1. The molecule has 1 heterocycles. The average molecular weight is 272 g/mol. The highest BCUT2D eigenvalue weighted by molar-refractivity contribution is 9.10. The van der Waals surface area contributed by atoms with Crippen LogP contribution in [0.4, 0.5) is 0 Å². The first-order valence-electron chi connectivity index (χ1n) is 5.04. The molecule has 1 saturated heterocycles. The second-order valence-electron chi connectivity index (χ2n) is 3.92. The van der Waals surface area contributed by atoms with Crippen LogP contribution in [0, 0.1) is 0 Å². The number of halogens is 1. The Morgan fingerprint density at radius 3 is 2.60 bits per heavy atom. The largest absolute Gasteiger partial charge is 0.507 e. The molecule has 3 N–H and O–H groups in total. The molecule has 15 heavy (non-hydrogen) atoms. The Bertz CT molecular complexity index is 362. The van der Waals surface area contributed by atoms with Crippen LogP contribution < -0.4 is 5.32 Å². The summed E-state index contributed by atoms with van der Waals surface area (Å²) in [5.41, 5.74) is -0.0352. The van der Waals surface area contributed by atoms with Gasteiger partial charge in [0.05, 0.1) is 10.1 Å². The van der Waals surface area contributed by atoms with Crippen molar-refractivity contribution < 1.29 is 10.2 Å². The van der Waals surface area contributed by atoms with E-state index in [2.05, 4.69) is 21.2 Å². The number of piperidine rings is 1. The first-order valence-corrected chi connectivity index (χ1v) is 5.84. The quantitative estimate of drug-likeness (QED) is 0.729. The Balaban J connectivity index is 2.39. The lowest BCUT2D eigenvalue weighted by Crippen LogP contribution is -2.39. The Morgan fingerprint density at radius 1 is 1.27 bits per heavy atom. The lowest BCUT2D eigenvalue weighted by molar-refractivity contribution is 0.00506. The zero-order valence-corrected chi connectivity index (χ0v) is 9.92. The number of aromatic hydroxyl groups is 1. The van der Waals surface area contributed by atoms with E-state index >= 15 is 0 Å². The van der Waals surface area contributed by atoms with Gasteiger partial charge in [-0.1, -0.05) is 12.1 Å². The molecule has 0 aliphatic carbocycles. The number of benzene rings is 1. The summed E-state index contributed by atoms with van der Waals surface area (Å²) in [6.07, 6.45) is 1.35. The number of phenolic OH excluding ortho intramolecular Hbond substituents is 1. The van der Waals surface area contributed by atoms with Crippen molar-refractivity contribution in [1.82, 2.24) is 5.32 Å². The van der Waals surface area contributed by atoms with Crippen LogP contribution >= 0.6 is 15.9 Å².